The fourth-order valence-electron chi connectivity index (χ4n) is 1.87. The van der Waals surface area contributed by atoms with Crippen LogP contribution in [0.15, 0.2) is 28.8 Å². The van der Waals surface area contributed by atoms with E-state index in [4.69, 9.17) is 9.52 Å². The van der Waals surface area contributed by atoms with Crippen LogP contribution in [0.1, 0.15) is 32.2 Å². The molecule has 2 heterocycles. The Morgan fingerprint density at radius 1 is 1.36 bits per heavy atom. The summed E-state index contributed by atoms with van der Waals surface area (Å²) in [4.78, 5) is 26.5. The molecule has 0 fully saturated rings. The van der Waals surface area contributed by atoms with Crippen LogP contribution in [0, 0.1) is 6.92 Å². The molecule has 7 nitrogen and oxygen atoms in total. The fourth-order valence-corrected chi connectivity index (χ4v) is 1.87. The van der Waals surface area contributed by atoms with E-state index in [1.165, 1.54) is 19.1 Å². The molecule has 0 aliphatic rings. The summed E-state index contributed by atoms with van der Waals surface area (Å²) in [6.07, 6.45) is -3.41. The second-order valence-electron chi connectivity index (χ2n) is 4.96. The number of carboxylic acid groups (broad SMARTS) is 1. The normalized spacial score (nSPS) is 11.2. The Kier molecular flexibility index (Phi) is 5.30. The number of nitrogens with one attached hydrogen (secondary N) is 1. The first-order valence-electron chi connectivity index (χ1n) is 6.92. The number of rotatable bonds is 6. The first kappa shape index (κ1) is 18.3. The van der Waals surface area contributed by atoms with E-state index in [-0.39, 0.29) is 35.1 Å². The van der Waals surface area contributed by atoms with E-state index in [1.54, 1.807) is 0 Å². The van der Waals surface area contributed by atoms with Gasteiger partial charge in [-0.15, -0.1) is 0 Å². The number of hydrogen-bond acceptors (Lipinski definition) is 5. The number of ether oxygens (including phenoxy) is 1. The number of nitrogens with zero attached hydrogens (tertiary/aromatic N) is 1. The highest BCUT2D eigenvalue weighted by molar-refractivity contribution is 5.94. The number of aryl methyl sites for hydroxylation is 1. The molecule has 0 bridgehead atoms. The second-order valence-corrected chi connectivity index (χ2v) is 4.96. The topological polar surface area (TPSA) is 102 Å². The lowest BCUT2D eigenvalue weighted by molar-refractivity contribution is -0.154. The molecule has 10 heteroatoms. The molecule has 2 aromatic rings. The number of aromatic nitrogens is 1. The average Bonchev–Trinajstić information content (AvgIpc) is 2.91. The van der Waals surface area contributed by atoms with Crippen molar-refractivity contribution in [3.63, 3.8) is 0 Å². The number of alkyl halides is 3. The van der Waals surface area contributed by atoms with Crippen molar-refractivity contribution in [3.8, 4) is 5.88 Å². The summed E-state index contributed by atoms with van der Waals surface area (Å²) in [5.74, 6) is -1.49. The van der Waals surface area contributed by atoms with Crippen molar-refractivity contribution in [3.05, 3.63) is 47.0 Å². The van der Waals surface area contributed by atoms with Crippen molar-refractivity contribution in [2.45, 2.75) is 19.6 Å². The standard InChI is InChI=1S/C15H13F3N2O5/c1-8-11(14(22)23)4-10(25-8)6-20-13(21)9-2-3-12(19-5-9)24-7-15(16,17)18/h2-5H,6-7H2,1H3,(H,20,21)(H,22,23). The summed E-state index contributed by atoms with van der Waals surface area (Å²) >= 11 is 0. The SMILES string of the molecule is Cc1oc(CNC(=O)c2ccc(OCC(F)(F)F)nc2)cc1C(=O)O. The van der Waals surface area contributed by atoms with E-state index in [1.807, 2.05) is 0 Å². The minimum absolute atomic E-state index is 0.00270. The highest BCUT2D eigenvalue weighted by Gasteiger charge is 2.28. The molecule has 0 aliphatic heterocycles. The summed E-state index contributed by atoms with van der Waals surface area (Å²) in [7, 11) is 0. The summed E-state index contributed by atoms with van der Waals surface area (Å²) in [6.45, 7) is -0.0487. The Balaban J connectivity index is 1.92. The number of carbonyl (C=O) groups excluding carboxylic acids is 1. The zero-order valence-electron chi connectivity index (χ0n) is 12.9. The van der Waals surface area contributed by atoms with Crippen LogP contribution in [0.5, 0.6) is 5.88 Å². The number of amides is 1. The molecule has 2 N–H and O–H groups in total. The van der Waals surface area contributed by atoms with Crippen LogP contribution in [0.2, 0.25) is 0 Å². The van der Waals surface area contributed by atoms with Crippen LogP contribution in [0.4, 0.5) is 13.2 Å². The molecule has 0 atom stereocenters. The van der Waals surface area contributed by atoms with Crippen LogP contribution in [-0.2, 0) is 6.54 Å². The van der Waals surface area contributed by atoms with Gasteiger partial charge in [0.15, 0.2) is 6.61 Å². The lowest BCUT2D eigenvalue weighted by Gasteiger charge is -2.08. The van der Waals surface area contributed by atoms with Crippen molar-refractivity contribution in [2.75, 3.05) is 6.61 Å². The molecule has 0 aromatic carbocycles. The van der Waals surface area contributed by atoms with Gasteiger partial charge in [-0.2, -0.15) is 13.2 Å². The molecule has 1 amide bonds. The lowest BCUT2D eigenvalue weighted by Crippen LogP contribution is -2.23. The highest BCUT2D eigenvalue weighted by Crippen LogP contribution is 2.17. The van der Waals surface area contributed by atoms with Crippen molar-refractivity contribution < 1.29 is 37.0 Å². The number of halogens is 3. The maximum absolute atomic E-state index is 12.0. The monoisotopic (exact) mass is 358 g/mol. The first-order valence-corrected chi connectivity index (χ1v) is 6.92. The number of furan rings is 1. The highest BCUT2D eigenvalue weighted by atomic mass is 19.4. The van der Waals surface area contributed by atoms with Crippen LogP contribution in [-0.4, -0.2) is 34.8 Å². The van der Waals surface area contributed by atoms with Crippen molar-refractivity contribution in [1.29, 1.82) is 0 Å². The molecule has 0 unspecified atom stereocenters. The molecular formula is C15H13F3N2O5. The van der Waals surface area contributed by atoms with Gasteiger partial charge in [0.25, 0.3) is 5.91 Å². The summed E-state index contributed by atoms with van der Waals surface area (Å²) in [5.41, 5.74) is 0.0955. The van der Waals surface area contributed by atoms with E-state index in [0.29, 0.717) is 0 Å². The van der Waals surface area contributed by atoms with Crippen LogP contribution in [0.3, 0.4) is 0 Å². The van der Waals surface area contributed by atoms with Crippen LogP contribution in [0.25, 0.3) is 0 Å². The molecule has 0 saturated carbocycles. The van der Waals surface area contributed by atoms with E-state index in [9.17, 15) is 22.8 Å². The molecule has 134 valence electrons. The van der Waals surface area contributed by atoms with Gasteiger partial charge >= 0.3 is 12.1 Å². The fraction of sp³-hybridized carbons (Fsp3) is 0.267. The summed E-state index contributed by atoms with van der Waals surface area (Å²) in [5, 5.41) is 11.4. The summed E-state index contributed by atoms with van der Waals surface area (Å²) < 4.78 is 45.7. The zero-order valence-corrected chi connectivity index (χ0v) is 12.9. The van der Waals surface area contributed by atoms with Crippen molar-refractivity contribution in [2.24, 2.45) is 0 Å². The van der Waals surface area contributed by atoms with Crippen LogP contribution < -0.4 is 10.1 Å². The number of aromatic carboxylic acids is 1. The Morgan fingerprint density at radius 3 is 2.60 bits per heavy atom. The van der Waals surface area contributed by atoms with Crippen molar-refractivity contribution in [1.82, 2.24) is 10.3 Å². The molecule has 0 saturated heterocycles. The van der Waals surface area contributed by atoms with Gasteiger partial charge < -0.3 is 19.6 Å². The Hall–Kier alpha value is -3.04. The minimum atomic E-state index is -4.48. The predicted octanol–water partition coefficient (Wildman–Crippen LogP) is 2.55. The van der Waals surface area contributed by atoms with E-state index < -0.39 is 24.7 Å². The average molecular weight is 358 g/mol. The smallest absolute Gasteiger partial charge is 0.422 e. The van der Waals surface area contributed by atoms with E-state index in [0.717, 1.165) is 12.3 Å². The Labute approximate surface area is 139 Å². The van der Waals surface area contributed by atoms with Gasteiger partial charge in [-0.3, -0.25) is 4.79 Å². The van der Waals surface area contributed by atoms with Gasteiger partial charge in [0.2, 0.25) is 5.88 Å². The van der Waals surface area contributed by atoms with Gasteiger partial charge in [-0.1, -0.05) is 0 Å². The maximum Gasteiger partial charge on any atom is 0.422 e. The predicted molar refractivity (Wildman–Crippen MR) is 77.4 cm³/mol. The molecule has 0 aliphatic carbocycles. The third-order valence-electron chi connectivity index (χ3n) is 3.00. The molecular weight excluding hydrogens is 345 g/mol. The second kappa shape index (κ2) is 7.24. The minimum Gasteiger partial charge on any atom is -0.478 e. The van der Waals surface area contributed by atoms with Crippen molar-refractivity contribution >= 4 is 11.9 Å². The largest absolute Gasteiger partial charge is 0.478 e. The van der Waals surface area contributed by atoms with Gasteiger partial charge in [0, 0.05) is 12.3 Å². The third kappa shape index (κ3) is 5.23. The quantitative estimate of drug-likeness (QED) is 0.823. The third-order valence-corrected chi connectivity index (χ3v) is 3.00. The number of pyridine rings is 1. The Bertz CT molecular complexity index is 768. The lowest BCUT2D eigenvalue weighted by atomic mass is 10.2. The zero-order chi connectivity index (χ0) is 18.6. The molecule has 2 aromatic heterocycles. The van der Waals surface area contributed by atoms with Crippen LogP contribution >= 0.6 is 0 Å². The van der Waals surface area contributed by atoms with E-state index >= 15 is 0 Å². The molecule has 2 rings (SSSR count). The molecule has 25 heavy (non-hydrogen) atoms. The first-order chi connectivity index (χ1) is 11.7. The maximum atomic E-state index is 12.0. The van der Waals surface area contributed by atoms with Gasteiger partial charge in [-0.25, -0.2) is 9.78 Å². The molecule has 0 spiro atoms. The van der Waals surface area contributed by atoms with Gasteiger partial charge in [0.05, 0.1) is 12.1 Å². The van der Waals surface area contributed by atoms with Gasteiger partial charge in [0.1, 0.15) is 17.1 Å². The number of hydrogen-bond donors (Lipinski definition) is 2. The Morgan fingerprint density at radius 2 is 2.08 bits per heavy atom. The summed E-state index contributed by atoms with van der Waals surface area (Å²) in [6, 6.07) is 3.69. The number of carbonyl (C=O) groups is 2. The van der Waals surface area contributed by atoms with Gasteiger partial charge in [-0.05, 0) is 19.1 Å². The van der Waals surface area contributed by atoms with E-state index in [2.05, 4.69) is 15.0 Å². The number of carboxylic acids is 1. The molecule has 0 radical (unpaired) electrons.